The van der Waals surface area contributed by atoms with Crippen molar-refractivity contribution < 1.29 is 13.2 Å². The Bertz CT molecular complexity index is 958. The van der Waals surface area contributed by atoms with Crippen molar-refractivity contribution >= 4 is 27.1 Å². The number of benzene rings is 1. The van der Waals surface area contributed by atoms with E-state index in [1.807, 2.05) is 18.2 Å². The van der Waals surface area contributed by atoms with Crippen molar-refractivity contribution in [1.82, 2.24) is 10.3 Å². The molecule has 0 spiro atoms. The molecule has 0 aliphatic carbocycles. The van der Waals surface area contributed by atoms with Crippen LogP contribution in [0.2, 0.25) is 0 Å². The molecule has 1 N–H and O–H groups in total. The molecule has 3 heterocycles. The fourth-order valence-electron chi connectivity index (χ4n) is 3.82. The Morgan fingerprint density at radius 2 is 2.08 bits per heavy atom. The van der Waals surface area contributed by atoms with Crippen LogP contribution in [0, 0.1) is 0 Å². The number of pyridine rings is 1. The van der Waals surface area contributed by atoms with Gasteiger partial charge in [-0.3, -0.25) is 9.78 Å². The Hall–Kier alpha value is -2.41. The Balaban J connectivity index is 1.57. The molecule has 2 unspecified atom stereocenters. The lowest BCUT2D eigenvalue weighted by molar-refractivity contribution is 0.0936. The molecule has 0 bridgehead atoms. The van der Waals surface area contributed by atoms with Crippen LogP contribution < -0.4 is 10.2 Å². The Morgan fingerprint density at radius 3 is 2.85 bits per heavy atom. The van der Waals surface area contributed by atoms with Crippen molar-refractivity contribution in [2.45, 2.75) is 31.8 Å². The molecule has 136 valence electrons. The second kappa shape index (κ2) is 6.39. The summed E-state index contributed by atoms with van der Waals surface area (Å²) in [7, 11) is -3.03. The summed E-state index contributed by atoms with van der Waals surface area (Å²) in [4.78, 5) is 18.9. The molecule has 0 radical (unpaired) electrons. The Kier molecular flexibility index (Phi) is 4.19. The number of nitrogens with one attached hydrogen (secondary N) is 1. The molecule has 1 saturated heterocycles. The van der Waals surface area contributed by atoms with E-state index in [2.05, 4.69) is 34.3 Å². The summed E-state index contributed by atoms with van der Waals surface area (Å²) in [5.41, 5.74) is 3.67. The SMILES string of the molecule is CC1Cc2ccccc2N1c1ccnc(C(=O)NC2CCS(=O)(=O)C2)c1. The van der Waals surface area contributed by atoms with Gasteiger partial charge in [-0.05, 0) is 43.5 Å². The van der Waals surface area contributed by atoms with Crippen LogP contribution in [0.4, 0.5) is 11.4 Å². The van der Waals surface area contributed by atoms with Crippen molar-refractivity contribution in [3.05, 3.63) is 53.9 Å². The standard InChI is InChI=1S/C19H21N3O3S/c1-13-10-14-4-2-3-5-18(14)22(13)16-6-8-20-17(11-16)19(23)21-15-7-9-26(24,25)12-15/h2-6,8,11,13,15H,7,9-10,12H2,1H3,(H,21,23). The van der Waals surface area contributed by atoms with Gasteiger partial charge in [0.1, 0.15) is 5.69 Å². The summed E-state index contributed by atoms with van der Waals surface area (Å²) in [5, 5.41) is 2.80. The molecule has 2 atom stereocenters. The van der Waals surface area contributed by atoms with Crippen LogP contribution in [0.5, 0.6) is 0 Å². The highest BCUT2D eigenvalue weighted by molar-refractivity contribution is 7.91. The van der Waals surface area contributed by atoms with Crippen molar-refractivity contribution in [2.24, 2.45) is 0 Å². The largest absolute Gasteiger partial charge is 0.347 e. The summed E-state index contributed by atoms with van der Waals surface area (Å²) < 4.78 is 23.1. The number of amides is 1. The molecule has 6 nitrogen and oxygen atoms in total. The summed E-state index contributed by atoms with van der Waals surface area (Å²) in [6.07, 6.45) is 3.05. The average molecular weight is 371 g/mol. The number of carbonyl (C=O) groups is 1. The molecule has 4 rings (SSSR count). The zero-order chi connectivity index (χ0) is 18.3. The number of fused-ring (bicyclic) bond motifs is 1. The van der Waals surface area contributed by atoms with E-state index in [-0.39, 0.29) is 23.5 Å². The van der Waals surface area contributed by atoms with Gasteiger partial charge in [-0.1, -0.05) is 18.2 Å². The fourth-order valence-corrected chi connectivity index (χ4v) is 5.49. The van der Waals surface area contributed by atoms with Crippen molar-refractivity contribution in [3.63, 3.8) is 0 Å². The lowest BCUT2D eigenvalue weighted by Gasteiger charge is -2.25. The molecular weight excluding hydrogens is 350 g/mol. The molecule has 1 aromatic heterocycles. The number of sulfone groups is 1. The minimum atomic E-state index is -3.03. The monoisotopic (exact) mass is 371 g/mol. The maximum Gasteiger partial charge on any atom is 0.270 e. The van der Waals surface area contributed by atoms with Crippen LogP contribution in [0.15, 0.2) is 42.6 Å². The van der Waals surface area contributed by atoms with E-state index in [1.54, 1.807) is 12.3 Å². The second-order valence-corrected chi connectivity index (χ2v) is 9.25. The highest BCUT2D eigenvalue weighted by atomic mass is 32.2. The number of hydrogen-bond acceptors (Lipinski definition) is 5. The van der Waals surface area contributed by atoms with E-state index >= 15 is 0 Å². The Labute approximate surface area is 153 Å². The van der Waals surface area contributed by atoms with Gasteiger partial charge in [0.05, 0.1) is 11.5 Å². The number of aromatic nitrogens is 1. The molecule has 1 amide bonds. The predicted molar refractivity (Wildman–Crippen MR) is 101 cm³/mol. The minimum Gasteiger partial charge on any atom is -0.347 e. The van der Waals surface area contributed by atoms with E-state index in [0.29, 0.717) is 18.2 Å². The molecular formula is C19H21N3O3S. The summed E-state index contributed by atoms with van der Waals surface area (Å²) in [6.45, 7) is 2.16. The van der Waals surface area contributed by atoms with Crippen molar-refractivity contribution in [2.75, 3.05) is 16.4 Å². The first kappa shape index (κ1) is 17.0. The van der Waals surface area contributed by atoms with Crippen LogP contribution in [0.25, 0.3) is 0 Å². The van der Waals surface area contributed by atoms with Crippen molar-refractivity contribution in [1.29, 1.82) is 0 Å². The normalized spacial score (nSPS) is 23.7. The van der Waals surface area contributed by atoms with E-state index in [1.165, 1.54) is 5.56 Å². The van der Waals surface area contributed by atoms with Crippen LogP contribution in [0.3, 0.4) is 0 Å². The summed E-state index contributed by atoms with van der Waals surface area (Å²) in [5.74, 6) is -0.184. The molecule has 1 fully saturated rings. The molecule has 2 aliphatic rings. The third kappa shape index (κ3) is 3.19. The third-order valence-electron chi connectivity index (χ3n) is 5.03. The van der Waals surface area contributed by atoms with Gasteiger partial charge in [0.25, 0.3) is 5.91 Å². The topological polar surface area (TPSA) is 79.4 Å². The van der Waals surface area contributed by atoms with Gasteiger partial charge in [0.2, 0.25) is 0 Å². The first-order valence-electron chi connectivity index (χ1n) is 8.77. The van der Waals surface area contributed by atoms with E-state index in [4.69, 9.17) is 0 Å². The molecule has 2 aromatic rings. The zero-order valence-electron chi connectivity index (χ0n) is 14.6. The third-order valence-corrected chi connectivity index (χ3v) is 6.80. The zero-order valence-corrected chi connectivity index (χ0v) is 15.4. The molecule has 1 aromatic carbocycles. The van der Waals surface area contributed by atoms with Gasteiger partial charge in [-0.25, -0.2) is 8.42 Å². The van der Waals surface area contributed by atoms with E-state index < -0.39 is 9.84 Å². The number of carbonyl (C=O) groups excluding carboxylic acids is 1. The second-order valence-electron chi connectivity index (χ2n) is 7.02. The predicted octanol–water partition coefficient (Wildman–Crippen LogP) is 2.08. The van der Waals surface area contributed by atoms with E-state index in [0.717, 1.165) is 17.8 Å². The number of para-hydroxylation sites is 1. The lowest BCUT2D eigenvalue weighted by atomic mass is 10.1. The number of nitrogens with zero attached hydrogens (tertiary/aromatic N) is 2. The van der Waals surface area contributed by atoms with Gasteiger partial charge >= 0.3 is 0 Å². The smallest absolute Gasteiger partial charge is 0.270 e. The van der Waals surface area contributed by atoms with Crippen LogP contribution in [-0.4, -0.2) is 42.9 Å². The van der Waals surface area contributed by atoms with Crippen LogP contribution >= 0.6 is 0 Å². The average Bonchev–Trinajstić information content (AvgIpc) is 3.12. The van der Waals surface area contributed by atoms with E-state index in [9.17, 15) is 13.2 Å². The molecule has 26 heavy (non-hydrogen) atoms. The number of hydrogen-bond donors (Lipinski definition) is 1. The summed E-state index contributed by atoms with van der Waals surface area (Å²) in [6, 6.07) is 11.9. The van der Waals surface area contributed by atoms with Gasteiger partial charge in [0, 0.05) is 29.7 Å². The molecule has 0 saturated carbocycles. The lowest BCUT2D eigenvalue weighted by Crippen LogP contribution is -2.36. The van der Waals surface area contributed by atoms with Gasteiger partial charge < -0.3 is 10.2 Å². The molecule has 2 aliphatic heterocycles. The highest BCUT2D eigenvalue weighted by Crippen LogP contribution is 2.37. The Morgan fingerprint density at radius 1 is 1.27 bits per heavy atom. The quantitative estimate of drug-likeness (QED) is 0.894. The summed E-state index contributed by atoms with van der Waals surface area (Å²) >= 11 is 0. The minimum absolute atomic E-state index is 0.00889. The maximum absolute atomic E-state index is 12.5. The first-order valence-corrected chi connectivity index (χ1v) is 10.6. The van der Waals surface area contributed by atoms with Crippen LogP contribution in [-0.2, 0) is 16.3 Å². The number of rotatable bonds is 3. The number of anilines is 2. The molecule has 7 heteroatoms. The fraction of sp³-hybridized carbons (Fsp3) is 0.368. The highest BCUT2D eigenvalue weighted by Gasteiger charge is 2.30. The van der Waals surface area contributed by atoms with Crippen molar-refractivity contribution in [3.8, 4) is 0 Å². The first-order chi connectivity index (χ1) is 12.4. The van der Waals surface area contributed by atoms with Crippen LogP contribution in [0.1, 0.15) is 29.4 Å². The van der Waals surface area contributed by atoms with Gasteiger partial charge in [-0.2, -0.15) is 0 Å². The maximum atomic E-state index is 12.5. The van der Waals surface area contributed by atoms with Gasteiger partial charge in [-0.15, -0.1) is 0 Å². The van der Waals surface area contributed by atoms with Gasteiger partial charge in [0.15, 0.2) is 9.84 Å².